The number of hydrogen-bond acceptors (Lipinski definition) is 2. The van der Waals surface area contributed by atoms with Gasteiger partial charge in [-0.05, 0) is 24.1 Å². The molecule has 1 aromatic carbocycles. The van der Waals surface area contributed by atoms with Crippen LogP contribution in [0.5, 0.6) is 0 Å². The average Bonchev–Trinajstić information content (AvgIpc) is 2.08. The third kappa shape index (κ3) is 2.39. The van der Waals surface area contributed by atoms with Crippen molar-refractivity contribution < 1.29 is 4.79 Å². The van der Waals surface area contributed by atoms with Gasteiger partial charge < -0.3 is 5.32 Å². The highest BCUT2D eigenvalue weighted by molar-refractivity contribution is 6.31. The molecule has 1 saturated heterocycles. The summed E-state index contributed by atoms with van der Waals surface area (Å²) < 4.78 is 0. The second-order valence-electron chi connectivity index (χ2n) is 4.08. The SMILES string of the molecule is Cc1cc(CC(=O)C2CNC2)ccc1Cl. The molecule has 80 valence electrons. The van der Waals surface area contributed by atoms with Crippen LogP contribution in [0.2, 0.25) is 5.02 Å². The quantitative estimate of drug-likeness (QED) is 0.849. The summed E-state index contributed by atoms with van der Waals surface area (Å²) in [5.41, 5.74) is 2.10. The fraction of sp³-hybridized carbons (Fsp3) is 0.417. The fourth-order valence-corrected chi connectivity index (χ4v) is 1.80. The van der Waals surface area contributed by atoms with Gasteiger partial charge in [-0.15, -0.1) is 0 Å². The molecule has 0 unspecified atom stereocenters. The summed E-state index contributed by atoms with van der Waals surface area (Å²) in [5, 5.41) is 3.87. The summed E-state index contributed by atoms with van der Waals surface area (Å²) in [5.74, 6) is 0.552. The van der Waals surface area contributed by atoms with Crippen LogP contribution in [0.1, 0.15) is 11.1 Å². The topological polar surface area (TPSA) is 29.1 Å². The Kier molecular flexibility index (Phi) is 3.08. The second kappa shape index (κ2) is 4.33. The van der Waals surface area contributed by atoms with E-state index in [0.29, 0.717) is 12.2 Å². The molecule has 1 aromatic rings. The first-order valence-corrected chi connectivity index (χ1v) is 5.53. The molecular formula is C12H14ClNO. The standard InChI is InChI=1S/C12H14ClNO/c1-8-4-9(2-3-11(8)13)5-12(15)10-6-14-7-10/h2-4,10,14H,5-7H2,1H3. The maximum atomic E-state index is 11.7. The van der Waals surface area contributed by atoms with Crippen LogP contribution >= 0.6 is 11.6 Å². The fourth-order valence-electron chi connectivity index (χ4n) is 1.68. The van der Waals surface area contributed by atoms with Gasteiger partial charge in [-0.3, -0.25) is 4.79 Å². The van der Waals surface area contributed by atoms with Gasteiger partial charge in [0.25, 0.3) is 0 Å². The number of nitrogens with one attached hydrogen (secondary N) is 1. The van der Waals surface area contributed by atoms with Crippen LogP contribution in [0.3, 0.4) is 0 Å². The summed E-state index contributed by atoms with van der Waals surface area (Å²) in [6, 6.07) is 5.78. The van der Waals surface area contributed by atoms with Gasteiger partial charge in [-0.1, -0.05) is 23.7 Å². The van der Waals surface area contributed by atoms with Crippen molar-refractivity contribution in [3.05, 3.63) is 34.3 Å². The van der Waals surface area contributed by atoms with Crippen molar-refractivity contribution in [3.8, 4) is 0 Å². The molecular weight excluding hydrogens is 210 g/mol. The molecule has 0 aromatic heterocycles. The number of aryl methyl sites for hydroxylation is 1. The van der Waals surface area contributed by atoms with Crippen molar-refractivity contribution in [3.63, 3.8) is 0 Å². The van der Waals surface area contributed by atoms with Gasteiger partial charge in [0.1, 0.15) is 5.78 Å². The highest BCUT2D eigenvalue weighted by Gasteiger charge is 2.24. The van der Waals surface area contributed by atoms with Gasteiger partial charge in [0, 0.05) is 30.5 Å². The number of benzene rings is 1. The van der Waals surface area contributed by atoms with Gasteiger partial charge in [0.2, 0.25) is 0 Å². The van der Waals surface area contributed by atoms with Crippen LogP contribution in [0.4, 0.5) is 0 Å². The van der Waals surface area contributed by atoms with Crippen LogP contribution < -0.4 is 5.32 Å². The van der Waals surface area contributed by atoms with E-state index in [2.05, 4.69) is 5.32 Å². The third-order valence-corrected chi connectivity index (χ3v) is 3.26. The van der Waals surface area contributed by atoms with E-state index >= 15 is 0 Å². The molecule has 0 spiro atoms. The zero-order chi connectivity index (χ0) is 10.8. The predicted molar refractivity (Wildman–Crippen MR) is 61.3 cm³/mol. The number of hydrogen-bond donors (Lipinski definition) is 1. The summed E-state index contributed by atoms with van der Waals surface area (Å²) in [6.45, 7) is 3.64. The van der Waals surface area contributed by atoms with Crippen LogP contribution in [0, 0.1) is 12.8 Å². The number of carbonyl (C=O) groups excluding carboxylic acids is 1. The minimum atomic E-state index is 0.223. The van der Waals surface area contributed by atoms with Crippen molar-refractivity contribution in [2.24, 2.45) is 5.92 Å². The molecule has 1 aliphatic heterocycles. The van der Waals surface area contributed by atoms with Gasteiger partial charge in [-0.2, -0.15) is 0 Å². The van der Waals surface area contributed by atoms with Crippen LogP contribution in [-0.4, -0.2) is 18.9 Å². The minimum absolute atomic E-state index is 0.223. The molecule has 0 atom stereocenters. The van der Waals surface area contributed by atoms with Gasteiger partial charge in [-0.25, -0.2) is 0 Å². The lowest BCUT2D eigenvalue weighted by Gasteiger charge is -2.25. The minimum Gasteiger partial charge on any atom is -0.315 e. The first-order chi connectivity index (χ1) is 7.16. The number of halogens is 1. The lowest BCUT2D eigenvalue weighted by Crippen LogP contribution is -2.47. The van der Waals surface area contributed by atoms with E-state index in [1.807, 2.05) is 25.1 Å². The van der Waals surface area contributed by atoms with E-state index in [-0.39, 0.29) is 5.92 Å². The Labute approximate surface area is 94.6 Å². The number of Topliss-reactive ketones (excluding diaryl/α,β-unsaturated/α-hetero) is 1. The maximum absolute atomic E-state index is 11.7. The number of rotatable bonds is 3. The Morgan fingerprint density at radius 3 is 2.80 bits per heavy atom. The second-order valence-corrected chi connectivity index (χ2v) is 4.49. The Bertz CT molecular complexity index is 385. The molecule has 15 heavy (non-hydrogen) atoms. The Hall–Kier alpha value is -0.860. The Morgan fingerprint density at radius 1 is 1.53 bits per heavy atom. The Balaban J connectivity index is 2.03. The molecule has 0 saturated carbocycles. The van der Waals surface area contributed by atoms with E-state index in [9.17, 15) is 4.79 Å². The maximum Gasteiger partial charge on any atom is 0.142 e. The third-order valence-electron chi connectivity index (χ3n) is 2.84. The van der Waals surface area contributed by atoms with Crippen molar-refractivity contribution in [1.82, 2.24) is 5.32 Å². The van der Waals surface area contributed by atoms with Gasteiger partial charge in [0.05, 0.1) is 0 Å². The zero-order valence-electron chi connectivity index (χ0n) is 8.72. The predicted octanol–water partition coefficient (Wildman–Crippen LogP) is 1.98. The molecule has 0 radical (unpaired) electrons. The monoisotopic (exact) mass is 223 g/mol. The van der Waals surface area contributed by atoms with E-state index in [1.54, 1.807) is 0 Å². The molecule has 1 fully saturated rings. The molecule has 0 amide bonds. The summed E-state index contributed by atoms with van der Waals surface area (Å²) in [7, 11) is 0. The molecule has 1 N–H and O–H groups in total. The van der Waals surface area contributed by atoms with E-state index in [4.69, 9.17) is 11.6 Å². The molecule has 1 heterocycles. The molecule has 0 aliphatic carbocycles. The molecule has 2 nitrogen and oxygen atoms in total. The molecule has 3 heteroatoms. The number of carbonyl (C=O) groups is 1. The van der Waals surface area contributed by atoms with Crippen molar-refractivity contribution in [2.75, 3.05) is 13.1 Å². The average molecular weight is 224 g/mol. The zero-order valence-corrected chi connectivity index (χ0v) is 9.47. The lowest BCUT2D eigenvalue weighted by atomic mass is 9.93. The highest BCUT2D eigenvalue weighted by atomic mass is 35.5. The number of ketones is 1. The summed E-state index contributed by atoms with van der Waals surface area (Å²) in [4.78, 5) is 11.7. The van der Waals surface area contributed by atoms with Crippen molar-refractivity contribution in [2.45, 2.75) is 13.3 Å². The van der Waals surface area contributed by atoms with Crippen LogP contribution in [-0.2, 0) is 11.2 Å². The van der Waals surface area contributed by atoms with E-state index in [0.717, 1.165) is 29.2 Å². The Morgan fingerprint density at radius 2 is 2.27 bits per heavy atom. The molecule has 2 rings (SSSR count). The molecule has 0 bridgehead atoms. The van der Waals surface area contributed by atoms with Crippen LogP contribution in [0.15, 0.2) is 18.2 Å². The first kappa shape index (κ1) is 10.7. The van der Waals surface area contributed by atoms with E-state index in [1.165, 1.54) is 0 Å². The molecule has 1 aliphatic rings. The normalized spacial score (nSPS) is 16.1. The van der Waals surface area contributed by atoms with Gasteiger partial charge >= 0.3 is 0 Å². The van der Waals surface area contributed by atoms with E-state index < -0.39 is 0 Å². The van der Waals surface area contributed by atoms with Crippen molar-refractivity contribution >= 4 is 17.4 Å². The smallest absolute Gasteiger partial charge is 0.142 e. The summed E-state index contributed by atoms with van der Waals surface area (Å²) >= 11 is 5.92. The highest BCUT2D eigenvalue weighted by Crippen LogP contribution is 2.18. The first-order valence-electron chi connectivity index (χ1n) is 5.15. The largest absolute Gasteiger partial charge is 0.315 e. The van der Waals surface area contributed by atoms with Crippen molar-refractivity contribution in [1.29, 1.82) is 0 Å². The lowest BCUT2D eigenvalue weighted by molar-refractivity contribution is -0.123. The summed E-state index contributed by atoms with van der Waals surface area (Å²) in [6.07, 6.45) is 0.532. The van der Waals surface area contributed by atoms with Crippen LogP contribution in [0.25, 0.3) is 0 Å². The van der Waals surface area contributed by atoms with Gasteiger partial charge in [0.15, 0.2) is 0 Å².